The van der Waals surface area contributed by atoms with Crippen LogP contribution in [0.4, 0.5) is 0 Å². The summed E-state index contributed by atoms with van der Waals surface area (Å²) in [5, 5.41) is 0. The molecule has 0 saturated carbocycles. The van der Waals surface area contributed by atoms with Crippen molar-refractivity contribution in [2.45, 2.75) is 32.6 Å². The van der Waals surface area contributed by atoms with Crippen molar-refractivity contribution >= 4 is 9.84 Å². The van der Waals surface area contributed by atoms with Crippen molar-refractivity contribution in [2.24, 2.45) is 5.73 Å². The predicted molar refractivity (Wildman–Crippen MR) is 71.4 cm³/mol. The Balaban J connectivity index is 3.06. The zero-order valence-corrected chi connectivity index (χ0v) is 12.0. The molecular weight excluding hydrogens is 252 g/mol. The van der Waals surface area contributed by atoms with Gasteiger partial charge in [-0.1, -0.05) is 0 Å². The minimum absolute atomic E-state index is 0.0374. The first-order chi connectivity index (χ1) is 8.26. The normalized spacial score (nSPS) is 13.4. The third-order valence-electron chi connectivity index (χ3n) is 2.62. The molecule has 0 bridgehead atoms. The van der Waals surface area contributed by atoms with Gasteiger partial charge in [-0.05, 0) is 20.8 Å². The number of sulfone groups is 1. The van der Waals surface area contributed by atoms with E-state index in [2.05, 4.69) is 4.98 Å². The number of aryl methyl sites for hydroxylation is 1. The summed E-state index contributed by atoms with van der Waals surface area (Å²) in [6, 6.07) is -0.373. The number of pyridine rings is 1. The number of ether oxygens (including phenoxy) is 1. The number of nitrogens with two attached hydrogens (primary N) is 1. The van der Waals surface area contributed by atoms with E-state index in [1.807, 2.05) is 13.8 Å². The highest BCUT2D eigenvalue weighted by molar-refractivity contribution is 7.90. The molecule has 1 rings (SSSR count). The average molecular weight is 272 g/mol. The number of hydrogen-bond donors (Lipinski definition) is 1. The van der Waals surface area contributed by atoms with Gasteiger partial charge in [-0.15, -0.1) is 0 Å². The number of rotatable bonds is 5. The molecule has 1 atom stereocenters. The van der Waals surface area contributed by atoms with Crippen LogP contribution < -0.4 is 10.5 Å². The molecule has 1 aromatic rings. The summed E-state index contributed by atoms with van der Waals surface area (Å²) >= 11 is 0. The van der Waals surface area contributed by atoms with Gasteiger partial charge in [0.05, 0.1) is 24.3 Å². The van der Waals surface area contributed by atoms with Gasteiger partial charge in [0.2, 0.25) is 0 Å². The van der Waals surface area contributed by atoms with Crippen LogP contribution in [0.3, 0.4) is 0 Å². The summed E-state index contributed by atoms with van der Waals surface area (Å²) in [6.07, 6.45) is 1.63. The summed E-state index contributed by atoms with van der Waals surface area (Å²) < 4.78 is 29.0. The van der Waals surface area contributed by atoms with E-state index in [-0.39, 0.29) is 17.5 Å². The van der Waals surface area contributed by atoms with Crippen molar-refractivity contribution in [3.05, 3.63) is 23.0 Å². The molecule has 1 heterocycles. The van der Waals surface area contributed by atoms with Crippen LogP contribution in [-0.4, -0.2) is 32.3 Å². The molecule has 18 heavy (non-hydrogen) atoms. The number of nitrogens with zero attached hydrogens (tertiary/aromatic N) is 1. The van der Waals surface area contributed by atoms with Gasteiger partial charge >= 0.3 is 0 Å². The summed E-state index contributed by atoms with van der Waals surface area (Å²) in [5.41, 5.74) is 7.71. The third kappa shape index (κ3) is 3.68. The van der Waals surface area contributed by atoms with Crippen LogP contribution >= 0.6 is 0 Å². The van der Waals surface area contributed by atoms with Crippen molar-refractivity contribution in [2.75, 3.05) is 12.9 Å². The van der Waals surface area contributed by atoms with Crippen LogP contribution in [0.2, 0.25) is 0 Å². The molecule has 0 radical (unpaired) electrons. The van der Waals surface area contributed by atoms with Crippen molar-refractivity contribution < 1.29 is 13.2 Å². The number of aromatic nitrogens is 1. The Kier molecular flexibility index (Phi) is 4.70. The van der Waals surface area contributed by atoms with Gasteiger partial charge in [0.25, 0.3) is 0 Å². The Morgan fingerprint density at radius 1 is 1.44 bits per heavy atom. The SMILES string of the molecule is COc1c(C)cnc(CS(=O)(=O)CC(C)N)c1C. The predicted octanol–water partition coefficient (Wildman–Crippen LogP) is 0.969. The van der Waals surface area contributed by atoms with E-state index in [1.165, 1.54) is 0 Å². The fourth-order valence-electron chi connectivity index (χ4n) is 1.88. The molecule has 0 aliphatic rings. The summed E-state index contributed by atoms with van der Waals surface area (Å²) in [6.45, 7) is 5.36. The maximum atomic E-state index is 11.9. The van der Waals surface area contributed by atoms with Gasteiger partial charge in [-0.3, -0.25) is 4.98 Å². The first-order valence-electron chi connectivity index (χ1n) is 5.72. The summed E-state index contributed by atoms with van der Waals surface area (Å²) in [4.78, 5) is 4.18. The zero-order valence-electron chi connectivity index (χ0n) is 11.2. The van der Waals surface area contributed by atoms with Crippen LogP contribution in [0.25, 0.3) is 0 Å². The van der Waals surface area contributed by atoms with E-state index in [0.717, 1.165) is 11.1 Å². The lowest BCUT2D eigenvalue weighted by Crippen LogP contribution is -2.27. The second-order valence-corrected chi connectivity index (χ2v) is 6.69. The lowest BCUT2D eigenvalue weighted by atomic mass is 10.1. The molecule has 0 aromatic carbocycles. The average Bonchev–Trinajstić information content (AvgIpc) is 2.21. The minimum atomic E-state index is -3.24. The van der Waals surface area contributed by atoms with E-state index in [9.17, 15) is 8.42 Å². The Bertz CT molecular complexity index is 524. The van der Waals surface area contributed by atoms with Gasteiger partial charge in [0.15, 0.2) is 9.84 Å². The van der Waals surface area contributed by atoms with Crippen molar-refractivity contribution in [1.82, 2.24) is 4.98 Å². The standard InChI is InChI=1S/C12H20N2O3S/c1-8-5-14-11(10(3)12(8)17-4)7-18(15,16)6-9(2)13/h5,9H,6-7,13H2,1-4H3. The lowest BCUT2D eigenvalue weighted by molar-refractivity contribution is 0.407. The smallest absolute Gasteiger partial charge is 0.157 e. The molecular formula is C12H20N2O3S. The zero-order chi connectivity index (χ0) is 13.9. The van der Waals surface area contributed by atoms with Crippen molar-refractivity contribution in [1.29, 1.82) is 0 Å². The number of methoxy groups -OCH3 is 1. The molecule has 1 unspecified atom stereocenters. The highest BCUT2D eigenvalue weighted by Crippen LogP contribution is 2.25. The highest BCUT2D eigenvalue weighted by Gasteiger charge is 2.18. The fourth-order valence-corrected chi connectivity index (χ4v) is 3.51. The van der Waals surface area contributed by atoms with Crippen LogP contribution in [0.1, 0.15) is 23.7 Å². The molecule has 102 valence electrons. The highest BCUT2D eigenvalue weighted by atomic mass is 32.2. The molecule has 6 heteroatoms. The van der Waals surface area contributed by atoms with Crippen LogP contribution in [0.5, 0.6) is 5.75 Å². The first kappa shape index (κ1) is 14.9. The van der Waals surface area contributed by atoms with E-state index in [1.54, 1.807) is 20.2 Å². The molecule has 0 aliphatic carbocycles. The molecule has 0 fully saturated rings. The first-order valence-corrected chi connectivity index (χ1v) is 7.54. The molecule has 0 amide bonds. The summed E-state index contributed by atoms with van der Waals surface area (Å²) in [7, 11) is -1.67. The lowest BCUT2D eigenvalue weighted by Gasteiger charge is -2.13. The van der Waals surface area contributed by atoms with Gasteiger partial charge in [0.1, 0.15) is 5.75 Å². The maximum Gasteiger partial charge on any atom is 0.157 e. The topological polar surface area (TPSA) is 82.3 Å². The number of hydrogen-bond acceptors (Lipinski definition) is 5. The van der Waals surface area contributed by atoms with E-state index in [4.69, 9.17) is 10.5 Å². The largest absolute Gasteiger partial charge is 0.496 e. The van der Waals surface area contributed by atoms with Crippen LogP contribution in [0, 0.1) is 13.8 Å². The van der Waals surface area contributed by atoms with Crippen LogP contribution in [-0.2, 0) is 15.6 Å². The Hall–Kier alpha value is -1.14. The minimum Gasteiger partial charge on any atom is -0.496 e. The van der Waals surface area contributed by atoms with Gasteiger partial charge in [-0.25, -0.2) is 8.42 Å². The Morgan fingerprint density at radius 3 is 2.56 bits per heavy atom. The monoisotopic (exact) mass is 272 g/mol. The Morgan fingerprint density at radius 2 is 2.06 bits per heavy atom. The molecule has 5 nitrogen and oxygen atoms in total. The van der Waals surface area contributed by atoms with Crippen molar-refractivity contribution in [3.8, 4) is 5.75 Å². The maximum absolute atomic E-state index is 11.9. The van der Waals surface area contributed by atoms with E-state index >= 15 is 0 Å². The summed E-state index contributed by atoms with van der Waals surface area (Å²) in [5.74, 6) is 0.553. The van der Waals surface area contributed by atoms with E-state index < -0.39 is 9.84 Å². The molecule has 0 spiro atoms. The second-order valence-electron chi connectivity index (χ2n) is 4.58. The van der Waals surface area contributed by atoms with Crippen LogP contribution in [0.15, 0.2) is 6.20 Å². The molecule has 1 aromatic heterocycles. The van der Waals surface area contributed by atoms with E-state index in [0.29, 0.717) is 11.4 Å². The van der Waals surface area contributed by atoms with Crippen molar-refractivity contribution in [3.63, 3.8) is 0 Å². The van der Waals surface area contributed by atoms with Gasteiger partial charge in [-0.2, -0.15) is 0 Å². The Labute approximate surface area is 108 Å². The fraction of sp³-hybridized carbons (Fsp3) is 0.583. The molecule has 0 aliphatic heterocycles. The third-order valence-corrected chi connectivity index (χ3v) is 4.37. The van der Waals surface area contributed by atoms with Gasteiger partial charge < -0.3 is 10.5 Å². The van der Waals surface area contributed by atoms with Gasteiger partial charge in [0, 0.05) is 23.4 Å². The second kappa shape index (κ2) is 5.67. The molecule has 0 saturated heterocycles. The quantitative estimate of drug-likeness (QED) is 0.863. The molecule has 2 N–H and O–H groups in total.